The van der Waals surface area contributed by atoms with E-state index in [1.807, 2.05) is 6.92 Å². The third-order valence-corrected chi connectivity index (χ3v) is 9.05. The van der Waals surface area contributed by atoms with Crippen LogP contribution in [0.2, 0.25) is 0 Å². The third kappa shape index (κ3) is 3.79. The van der Waals surface area contributed by atoms with E-state index in [1.54, 1.807) is 20.8 Å². The van der Waals surface area contributed by atoms with Gasteiger partial charge in [0.1, 0.15) is 23.5 Å². The summed E-state index contributed by atoms with van der Waals surface area (Å²) < 4.78 is 23.9. The molecule has 5 atom stereocenters. The Kier molecular flexibility index (Phi) is 6.56. The molecule has 0 aliphatic carbocycles. The zero-order valence-electron chi connectivity index (χ0n) is 18.1. The van der Waals surface area contributed by atoms with Gasteiger partial charge in [0, 0.05) is 0 Å². The number of carboxylic acid groups (broad SMARTS) is 1. The summed E-state index contributed by atoms with van der Waals surface area (Å²) in [5.74, 6) is -3.74. The molecule has 0 radical (unpaired) electrons. The molecule has 0 aromatic carbocycles. The number of hydrogen-bond donors (Lipinski definition) is 3. The minimum atomic E-state index is -3.75. The molecule has 2 aliphatic heterocycles. The number of nitrogens with one attached hydrogen (secondary N) is 2. The normalized spacial score (nSPS) is 26.9. The van der Waals surface area contributed by atoms with E-state index in [0.717, 1.165) is 4.90 Å². The summed E-state index contributed by atoms with van der Waals surface area (Å²) in [6.07, 6.45) is 0.356. The summed E-state index contributed by atoms with van der Waals surface area (Å²) >= 11 is 0. The van der Waals surface area contributed by atoms with Crippen molar-refractivity contribution >= 4 is 33.5 Å². The molecular formula is C19H31N3O7S. The summed E-state index contributed by atoms with van der Waals surface area (Å²) in [4.78, 5) is 50.5. The van der Waals surface area contributed by atoms with Crippen LogP contribution >= 0.6 is 0 Å². The fourth-order valence-corrected chi connectivity index (χ4v) is 6.08. The maximum atomic E-state index is 13.1. The second-order valence-corrected chi connectivity index (χ2v) is 11.6. The first-order chi connectivity index (χ1) is 13.7. The van der Waals surface area contributed by atoms with Gasteiger partial charge < -0.3 is 20.6 Å². The first-order valence-corrected chi connectivity index (χ1v) is 11.6. The van der Waals surface area contributed by atoms with Gasteiger partial charge in [-0.15, -0.1) is 0 Å². The molecule has 5 unspecified atom stereocenters. The molecule has 30 heavy (non-hydrogen) atoms. The molecule has 0 saturated carbocycles. The second kappa shape index (κ2) is 8.16. The number of aliphatic carboxylic acids is 1. The quantitative estimate of drug-likeness (QED) is 0.441. The number of carboxylic acids is 1. The molecule has 2 fully saturated rings. The van der Waals surface area contributed by atoms with Gasteiger partial charge in [-0.25, -0.2) is 13.2 Å². The molecule has 11 heteroatoms. The van der Waals surface area contributed by atoms with E-state index in [2.05, 4.69) is 10.6 Å². The SMILES string of the molecule is CCC(C)C(NC(=O)C1N2C(=O)CC2S(=O)(=O)C1(C)C)C(=O)NC(C(=O)O)C(C)C. The van der Waals surface area contributed by atoms with E-state index >= 15 is 0 Å². The first kappa shape index (κ1) is 24.1. The zero-order valence-corrected chi connectivity index (χ0v) is 18.9. The molecule has 170 valence electrons. The highest BCUT2D eigenvalue weighted by molar-refractivity contribution is 7.93. The Bertz CT molecular complexity index is 852. The second-order valence-electron chi connectivity index (χ2n) is 8.95. The van der Waals surface area contributed by atoms with Crippen molar-refractivity contribution in [2.24, 2.45) is 11.8 Å². The van der Waals surface area contributed by atoms with Gasteiger partial charge in [0.2, 0.25) is 17.7 Å². The highest BCUT2D eigenvalue weighted by Crippen LogP contribution is 2.45. The Morgan fingerprint density at radius 2 is 1.73 bits per heavy atom. The summed E-state index contributed by atoms with van der Waals surface area (Å²) in [5.41, 5.74) is 0. The van der Waals surface area contributed by atoms with Gasteiger partial charge in [0.25, 0.3) is 0 Å². The average molecular weight is 446 g/mol. The van der Waals surface area contributed by atoms with Crippen LogP contribution in [0.1, 0.15) is 54.4 Å². The maximum absolute atomic E-state index is 13.1. The van der Waals surface area contributed by atoms with Crippen LogP contribution < -0.4 is 10.6 Å². The summed E-state index contributed by atoms with van der Waals surface area (Å²) in [5, 5.41) is 13.4. The van der Waals surface area contributed by atoms with Crippen LogP contribution in [0.15, 0.2) is 0 Å². The molecule has 0 aromatic heterocycles. The lowest BCUT2D eigenvalue weighted by Crippen LogP contribution is -2.63. The molecule has 0 aromatic rings. The third-order valence-electron chi connectivity index (χ3n) is 6.25. The van der Waals surface area contributed by atoms with E-state index in [0.29, 0.717) is 6.42 Å². The van der Waals surface area contributed by atoms with Crippen LogP contribution in [-0.4, -0.2) is 70.4 Å². The smallest absolute Gasteiger partial charge is 0.326 e. The predicted octanol–water partition coefficient (Wildman–Crippen LogP) is -0.123. The van der Waals surface area contributed by atoms with Crippen molar-refractivity contribution < 1.29 is 32.7 Å². The molecule has 2 aliphatic rings. The number of nitrogens with zero attached hydrogens (tertiary/aromatic N) is 1. The van der Waals surface area contributed by atoms with Crippen molar-refractivity contribution in [1.82, 2.24) is 15.5 Å². The minimum Gasteiger partial charge on any atom is -0.480 e. The number of fused-ring (bicyclic) bond motifs is 1. The Morgan fingerprint density at radius 3 is 2.17 bits per heavy atom. The number of carbonyl (C=O) groups excluding carboxylic acids is 3. The average Bonchev–Trinajstić information content (AvgIpc) is 2.76. The molecule has 3 N–H and O–H groups in total. The molecule has 2 rings (SSSR count). The maximum Gasteiger partial charge on any atom is 0.326 e. The lowest BCUT2D eigenvalue weighted by Gasteiger charge is -2.37. The van der Waals surface area contributed by atoms with E-state index in [1.165, 1.54) is 13.8 Å². The fourth-order valence-electron chi connectivity index (χ4n) is 3.94. The van der Waals surface area contributed by atoms with Gasteiger partial charge in [0.05, 0.1) is 11.2 Å². The molecule has 2 heterocycles. The first-order valence-electron chi connectivity index (χ1n) is 10.1. The number of sulfone groups is 1. The van der Waals surface area contributed by atoms with E-state index in [4.69, 9.17) is 0 Å². The molecule has 0 spiro atoms. The zero-order chi connectivity index (χ0) is 23.2. The van der Waals surface area contributed by atoms with Crippen molar-refractivity contribution in [3.05, 3.63) is 0 Å². The van der Waals surface area contributed by atoms with Gasteiger partial charge >= 0.3 is 5.97 Å². The largest absolute Gasteiger partial charge is 0.480 e. The Balaban J connectivity index is 2.28. The molecule has 3 amide bonds. The lowest BCUT2D eigenvalue weighted by molar-refractivity contribution is -0.150. The summed E-state index contributed by atoms with van der Waals surface area (Å²) in [6.45, 7) is 9.64. The predicted molar refractivity (Wildman–Crippen MR) is 108 cm³/mol. The minimum absolute atomic E-state index is 0.153. The van der Waals surface area contributed by atoms with Gasteiger partial charge in [-0.3, -0.25) is 14.4 Å². The fraction of sp³-hybridized carbons (Fsp3) is 0.789. The summed E-state index contributed by atoms with van der Waals surface area (Å²) in [6, 6.07) is -3.46. The van der Waals surface area contributed by atoms with Crippen LogP contribution in [0.5, 0.6) is 0 Å². The number of amides is 3. The Morgan fingerprint density at radius 1 is 1.17 bits per heavy atom. The van der Waals surface area contributed by atoms with E-state index in [9.17, 15) is 32.7 Å². The lowest BCUT2D eigenvalue weighted by atomic mass is 9.94. The summed E-state index contributed by atoms with van der Waals surface area (Å²) in [7, 11) is -3.75. The van der Waals surface area contributed by atoms with E-state index < -0.39 is 61.8 Å². The topological polar surface area (TPSA) is 150 Å². The number of carbonyl (C=O) groups is 4. The molecule has 0 bridgehead atoms. The van der Waals surface area contributed by atoms with Gasteiger partial charge in [-0.05, 0) is 25.7 Å². The highest BCUT2D eigenvalue weighted by atomic mass is 32.2. The molecule has 10 nitrogen and oxygen atoms in total. The van der Waals surface area contributed by atoms with Gasteiger partial charge in [-0.2, -0.15) is 0 Å². The standard InChI is InChI=1S/C19H31N3O7S/c1-7-10(4)14(16(24)20-13(9(2)3)18(26)27)21-17(25)15-19(5,6)30(28,29)12-8-11(23)22(12)15/h9-10,12-15H,7-8H2,1-6H3,(H,20,24)(H,21,25)(H,26,27). The van der Waals surface area contributed by atoms with Crippen molar-refractivity contribution in [3.8, 4) is 0 Å². The number of hydrogen-bond acceptors (Lipinski definition) is 6. The van der Waals surface area contributed by atoms with Gasteiger partial charge in [0.15, 0.2) is 9.84 Å². The monoisotopic (exact) mass is 445 g/mol. The van der Waals surface area contributed by atoms with Crippen LogP contribution in [0, 0.1) is 11.8 Å². The highest BCUT2D eigenvalue weighted by Gasteiger charge is 2.67. The molecular weight excluding hydrogens is 414 g/mol. The van der Waals surface area contributed by atoms with E-state index in [-0.39, 0.29) is 18.3 Å². The van der Waals surface area contributed by atoms with Crippen molar-refractivity contribution in [3.63, 3.8) is 0 Å². The Hall–Kier alpha value is -2.17. The number of rotatable bonds is 8. The number of β-lactam (4-membered cyclic amide) rings is 1. The van der Waals surface area contributed by atoms with Crippen LogP contribution in [0.3, 0.4) is 0 Å². The van der Waals surface area contributed by atoms with Crippen molar-refractivity contribution in [1.29, 1.82) is 0 Å². The van der Waals surface area contributed by atoms with Crippen LogP contribution in [-0.2, 0) is 29.0 Å². The van der Waals surface area contributed by atoms with Gasteiger partial charge in [-0.1, -0.05) is 34.1 Å². The van der Waals surface area contributed by atoms with Crippen LogP contribution in [0.25, 0.3) is 0 Å². The van der Waals surface area contributed by atoms with Crippen LogP contribution in [0.4, 0.5) is 0 Å². The van der Waals surface area contributed by atoms with Crippen molar-refractivity contribution in [2.45, 2.75) is 82.6 Å². The van der Waals surface area contributed by atoms with Crippen molar-refractivity contribution in [2.75, 3.05) is 0 Å². The Labute approximate surface area is 176 Å². The molecule has 2 saturated heterocycles.